The van der Waals surface area contributed by atoms with E-state index in [2.05, 4.69) is 10.0 Å². The van der Waals surface area contributed by atoms with Gasteiger partial charge in [0.15, 0.2) is 0 Å². The van der Waals surface area contributed by atoms with Crippen molar-refractivity contribution in [3.05, 3.63) is 59.9 Å². The minimum absolute atomic E-state index is 0.0721. The van der Waals surface area contributed by atoms with Gasteiger partial charge in [-0.2, -0.15) is 0 Å². The van der Waals surface area contributed by atoms with Crippen molar-refractivity contribution in [2.45, 2.75) is 17.7 Å². The Hall–Kier alpha value is -2.41. The summed E-state index contributed by atoms with van der Waals surface area (Å²) in [6, 6.07) is 10.9. The van der Waals surface area contributed by atoms with E-state index in [1.54, 1.807) is 18.2 Å². The van der Waals surface area contributed by atoms with Crippen LogP contribution in [0.3, 0.4) is 0 Å². The number of rotatable bonds is 6. The van der Waals surface area contributed by atoms with E-state index in [0.717, 1.165) is 25.0 Å². The van der Waals surface area contributed by atoms with Gasteiger partial charge in [0.2, 0.25) is 0 Å². The third-order valence-electron chi connectivity index (χ3n) is 3.79. The highest BCUT2D eigenvalue weighted by Gasteiger charge is 2.23. The predicted octanol–water partition coefficient (Wildman–Crippen LogP) is 2.77. The molecule has 24 heavy (non-hydrogen) atoms. The lowest BCUT2D eigenvalue weighted by Crippen LogP contribution is -2.27. The van der Waals surface area contributed by atoms with E-state index in [1.165, 1.54) is 18.2 Å². The highest BCUT2D eigenvalue weighted by atomic mass is 32.2. The van der Waals surface area contributed by atoms with Gasteiger partial charge in [0.25, 0.3) is 15.9 Å². The summed E-state index contributed by atoms with van der Waals surface area (Å²) >= 11 is 0. The van der Waals surface area contributed by atoms with Gasteiger partial charge in [-0.05, 0) is 55.2 Å². The Morgan fingerprint density at radius 3 is 2.42 bits per heavy atom. The molecule has 0 radical (unpaired) electrons. The number of benzene rings is 2. The number of hydrogen-bond donors (Lipinski definition) is 2. The second-order valence-corrected chi connectivity index (χ2v) is 7.44. The summed E-state index contributed by atoms with van der Waals surface area (Å²) in [5, 5.41) is 2.81. The monoisotopic (exact) mass is 348 g/mol. The molecule has 0 heterocycles. The summed E-state index contributed by atoms with van der Waals surface area (Å²) < 4.78 is 40.2. The molecule has 7 heteroatoms. The van der Waals surface area contributed by atoms with Crippen molar-refractivity contribution < 1.29 is 17.6 Å². The topological polar surface area (TPSA) is 75.3 Å². The third-order valence-corrected chi connectivity index (χ3v) is 5.17. The lowest BCUT2D eigenvalue weighted by Gasteiger charge is -2.12. The number of nitrogens with one attached hydrogen (secondary N) is 2. The van der Waals surface area contributed by atoms with Crippen molar-refractivity contribution in [2.24, 2.45) is 5.92 Å². The minimum atomic E-state index is -3.90. The summed E-state index contributed by atoms with van der Waals surface area (Å²) in [5.41, 5.74) is 0.443. The van der Waals surface area contributed by atoms with E-state index in [9.17, 15) is 17.6 Å². The van der Waals surface area contributed by atoms with Gasteiger partial charge < -0.3 is 5.32 Å². The molecule has 0 spiro atoms. The zero-order valence-corrected chi connectivity index (χ0v) is 13.6. The smallest absolute Gasteiger partial charge is 0.261 e. The first-order valence-electron chi connectivity index (χ1n) is 7.61. The Kier molecular flexibility index (Phi) is 4.53. The number of halogens is 1. The molecule has 2 aromatic carbocycles. The Morgan fingerprint density at radius 2 is 1.75 bits per heavy atom. The molecule has 1 fully saturated rings. The molecule has 0 aromatic heterocycles. The van der Waals surface area contributed by atoms with Gasteiger partial charge in [-0.3, -0.25) is 9.52 Å². The van der Waals surface area contributed by atoms with Gasteiger partial charge in [-0.15, -0.1) is 0 Å². The normalized spacial score (nSPS) is 14.2. The van der Waals surface area contributed by atoms with Gasteiger partial charge >= 0.3 is 0 Å². The van der Waals surface area contributed by atoms with E-state index in [1.807, 2.05) is 0 Å². The van der Waals surface area contributed by atoms with Gasteiger partial charge in [-0.1, -0.05) is 12.1 Å². The van der Waals surface area contributed by atoms with E-state index in [0.29, 0.717) is 12.5 Å². The summed E-state index contributed by atoms with van der Waals surface area (Å²) in [4.78, 5) is 12.2. The third kappa shape index (κ3) is 3.91. The van der Waals surface area contributed by atoms with Crippen LogP contribution in [0.25, 0.3) is 0 Å². The molecular formula is C17H17FN2O3S. The van der Waals surface area contributed by atoms with Crippen molar-refractivity contribution in [2.75, 3.05) is 11.3 Å². The number of amides is 1. The van der Waals surface area contributed by atoms with Crippen LogP contribution in [-0.2, 0) is 10.0 Å². The molecule has 0 unspecified atom stereocenters. The van der Waals surface area contributed by atoms with Crippen LogP contribution in [0.2, 0.25) is 0 Å². The first kappa shape index (κ1) is 16.4. The Bertz CT molecular complexity index is 846. The van der Waals surface area contributed by atoms with Crippen molar-refractivity contribution in [1.29, 1.82) is 0 Å². The lowest BCUT2D eigenvalue weighted by atomic mass is 10.1. The molecule has 2 aromatic rings. The molecule has 1 aliphatic carbocycles. The molecule has 126 valence electrons. The quantitative estimate of drug-likeness (QED) is 0.843. The van der Waals surface area contributed by atoms with Crippen molar-refractivity contribution in [1.82, 2.24) is 5.32 Å². The standard InChI is InChI=1S/C17H17FN2O3S/c18-13-7-9-14(10-8-13)24(22,23)20-16-4-2-1-3-15(16)17(21)19-11-12-5-6-12/h1-4,7-10,12,20H,5-6,11H2,(H,19,21). The highest BCUT2D eigenvalue weighted by molar-refractivity contribution is 7.92. The number of anilines is 1. The molecule has 2 N–H and O–H groups in total. The lowest BCUT2D eigenvalue weighted by molar-refractivity contribution is 0.0952. The first-order chi connectivity index (χ1) is 11.5. The van der Waals surface area contributed by atoms with Crippen LogP contribution >= 0.6 is 0 Å². The van der Waals surface area contributed by atoms with Crippen molar-refractivity contribution >= 4 is 21.6 Å². The molecule has 1 amide bonds. The number of para-hydroxylation sites is 1. The van der Waals surface area contributed by atoms with Gasteiger partial charge in [-0.25, -0.2) is 12.8 Å². The number of carbonyl (C=O) groups excluding carboxylic acids is 1. The van der Waals surface area contributed by atoms with Crippen LogP contribution in [-0.4, -0.2) is 20.9 Å². The average molecular weight is 348 g/mol. The molecule has 0 saturated heterocycles. The second kappa shape index (κ2) is 6.60. The van der Waals surface area contributed by atoms with E-state index >= 15 is 0 Å². The first-order valence-corrected chi connectivity index (χ1v) is 9.09. The van der Waals surface area contributed by atoms with Crippen LogP contribution in [0, 0.1) is 11.7 Å². The van der Waals surface area contributed by atoms with E-state index in [4.69, 9.17) is 0 Å². The van der Waals surface area contributed by atoms with E-state index < -0.39 is 15.8 Å². The number of hydrogen-bond acceptors (Lipinski definition) is 3. The van der Waals surface area contributed by atoms with Gasteiger partial charge in [0.1, 0.15) is 5.82 Å². The fourth-order valence-corrected chi connectivity index (χ4v) is 3.32. The second-order valence-electron chi connectivity index (χ2n) is 5.76. The zero-order chi connectivity index (χ0) is 17.2. The fraction of sp³-hybridized carbons (Fsp3) is 0.235. The zero-order valence-electron chi connectivity index (χ0n) is 12.8. The van der Waals surface area contributed by atoms with Crippen LogP contribution in [0.1, 0.15) is 23.2 Å². The number of carbonyl (C=O) groups is 1. The fourth-order valence-electron chi connectivity index (χ4n) is 2.24. The highest BCUT2D eigenvalue weighted by Crippen LogP contribution is 2.28. The SMILES string of the molecule is O=C(NCC1CC1)c1ccccc1NS(=O)(=O)c1ccc(F)cc1. The molecule has 5 nitrogen and oxygen atoms in total. The molecule has 0 atom stereocenters. The summed E-state index contributed by atoms with van der Waals surface area (Å²) in [6.45, 7) is 0.595. The van der Waals surface area contributed by atoms with Gasteiger partial charge in [0, 0.05) is 6.54 Å². The molecule has 0 aliphatic heterocycles. The average Bonchev–Trinajstić information content (AvgIpc) is 3.37. The maximum absolute atomic E-state index is 13.0. The van der Waals surface area contributed by atoms with Crippen molar-refractivity contribution in [3.63, 3.8) is 0 Å². The number of sulfonamides is 1. The van der Waals surface area contributed by atoms with Gasteiger partial charge in [0.05, 0.1) is 16.1 Å². The maximum atomic E-state index is 13.0. The summed E-state index contributed by atoms with van der Waals surface area (Å²) in [6.07, 6.45) is 2.22. The molecule has 3 rings (SSSR count). The predicted molar refractivity (Wildman–Crippen MR) is 88.7 cm³/mol. The Balaban J connectivity index is 1.81. The molecule has 0 bridgehead atoms. The van der Waals surface area contributed by atoms with Crippen LogP contribution in [0.15, 0.2) is 53.4 Å². The molecular weight excluding hydrogens is 331 g/mol. The molecule has 1 aliphatic rings. The minimum Gasteiger partial charge on any atom is -0.352 e. The summed E-state index contributed by atoms with van der Waals surface area (Å²) in [5.74, 6) is -0.315. The maximum Gasteiger partial charge on any atom is 0.261 e. The summed E-state index contributed by atoms with van der Waals surface area (Å²) in [7, 11) is -3.90. The van der Waals surface area contributed by atoms with E-state index in [-0.39, 0.29) is 22.1 Å². The van der Waals surface area contributed by atoms with Crippen molar-refractivity contribution in [3.8, 4) is 0 Å². The Labute approximate surface area is 139 Å². The van der Waals surface area contributed by atoms with Crippen LogP contribution in [0.4, 0.5) is 10.1 Å². The Morgan fingerprint density at radius 1 is 1.08 bits per heavy atom. The largest absolute Gasteiger partial charge is 0.352 e. The van der Waals surface area contributed by atoms with Crippen LogP contribution in [0.5, 0.6) is 0 Å². The molecule has 1 saturated carbocycles. The van der Waals surface area contributed by atoms with Crippen LogP contribution < -0.4 is 10.0 Å².